The largest absolute Gasteiger partial charge is 0.298 e. The van der Waals surface area contributed by atoms with Crippen LogP contribution in [0.5, 0.6) is 0 Å². The summed E-state index contributed by atoms with van der Waals surface area (Å²) in [7, 11) is 0. The van der Waals surface area contributed by atoms with E-state index in [1.165, 1.54) is 0 Å². The lowest BCUT2D eigenvalue weighted by atomic mass is 9.92. The number of hydrogen-bond donors (Lipinski definition) is 0. The highest BCUT2D eigenvalue weighted by molar-refractivity contribution is 6.07. The first-order valence-electron chi connectivity index (χ1n) is 7.76. The molecule has 0 saturated carbocycles. The van der Waals surface area contributed by atoms with Gasteiger partial charge in [-0.3, -0.25) is 9.59 Å². The van der Waals surface area contributed by atoms with Gasteiger partial charge in [0.25, 0.3) is 0 Å². The molecule has 0 spiro atoms. The monoisotopic (exact) mass is 310 g/mol. The number of carbonyl (C=O) groups excluding carboxylic acids is 2. The van der Waals surface area contributed by atoms with E-state index in [0.29, 0.717) is 11.1 Å². The minimum atomic E-state index is 0.656. The molecule has 0 amide bonds. The van der Waals surface area contributed by atoms with Gasteiger partial charge in [-0.1, -0.05) is 60.7 Å². The second-order valence-corrected chi connectivity index (χ2v) is 5.81. The van der Waals surface area contributed by atoms with Gasteiger partial charge in [0.2, 0.25) is 0 Å². The van der Waals surface area contributed by atoms with Crippen LogP contribution in [-0.4, -0.2) is 12.6 Å². The Labute approximate surface area is 139 Å². The molecular weight excluding hydrogens is 296 g/mol. The summed E-state index contributed by atoms with van der Waals surface area (Å²) in [6, 6.07) is 23.6. The third-order valence-electron chi connectivity index (χ3n) is 4.37. The zero-order valence-electron chi connectivity index (χ0n) is 12.9. The lowest BCUT2D eigenvalue weighted by molar-refractivity contribution is 0.111. The van der Waals surface area contributed by atoms with Crippen LogP contribution in [0, 0.1) is 0 Å². The van der Waals surface area contributed by atoms with Crippen molar-refractivity contribution in [1.29, 1.82) is 0 Å². The van der Waals surface area contributed by atoms with Gasteiger partial charge in [-0.2, -0.15) is 0 Å². The minimum absolute atomic E-state index is 0.656. The molecule has 4 rings (SSSR count). The molecule has 4 aromatic carbocycles. The predicted octanol–water partition coefficient (Wildman–Crippen LogP) is 5.29. The molecule has 0 aliphatic heterocycles. The molecular formula is C22H14O2. The van der Waals surface area contributed by atoms with Crippen LogP contribution in [0.1, 0.15) is 20.7 Å². The van der Waals surface area contributed by atoms with E-state index in [9.17, 15) is 9.59 Å². The Bertz CT molecular complexity index is 1000. The fourth-order valence-electron chi connectivity index (χ4n) is 3.20. The van der Waals surface area contributed by atoms with E-state index >= 15 is 0 Å². The van der Waals surface area contributed by atoms with Crippen molar-refractivity contribution in [3.8, 4) is 11.1 Å². The smallest absolute Gasteiger partial charge is 0.150 e. The maximum Gasteiger partial charge on any atom is 0.150 e. The van der Waals surface area contributed by atoms with Crippen LogP contribution < -0.4 is 0 Å². The molecule has 0 unspecified atom stereocenters. The molecule has 4 aromatic rings. The Morgan fingerprint density at radius 3 is 1.42 bits per heavy atom. The van der Waals surface area contributed by atoms with Crippen molar-refractivity contribution >= 4 is 34.1 Å². The maximum absolute atomic E-state index is 11.2. The van der Waals surface area contributed by atoms with Crippen LogP contribution in [0.4, 0.5) is 0 Å². The van der Waals surface area contributed by atoms with Crippen LogP contribution in [0.3, 0.4) is 0 Å². The Kier molecular flexibility index (Phi) is 3.43. The highest BCUT2D eigenvalue weighted by Gasteiger charge is 2.09. The molecule has 24 heavy (non-hydrogen) atoms. The Balaban J connectivity index is 2.09. The summed E-state index contributed by atoms with van der Waals surface area (Å²) in [5.41, 5.74) is 3.43. The van der Waals surface area contributed by atoms with Crippen LogP contribution in [-0.2, 0) is 0 Å². The SMILES string of the molecule is O=Cc1ccc2cccc(-c3cccc4ccc(C=O)cc34)c2c1. The molecule has 2 nitrogen and oxygen atoms in total. The molecule has 0 heterocycles. The van der Waals surface area contributed by atoms with E-state index in [1.807, 2.05) is 60.7 Å². The standard InChI is InChI=1S/C22H14O2/c23-13-15-7-9-17-3-1-5-19(21(17)11-15)20-6-2-4-18-10-8-16(14-24)12-22(18)20/h1-14H. The lowest BCUT2D eigenvalue weighted by Gasteiger charge is -2.11. The first-order chi connectivity index (χ1) is 11.8. The first-order valence-corrected chi connectivity index (χ1v) is 7.76. The molecule has 0 saturated heterocycles. The highest BCUT2D eigenvalue weighted by atomic mass is 16.1. The summed E-state index contributed by atoms with van der Waals surface area (Å²) in [5.74, 6) is 0. The van der Waals surface area contributed by atoms with Gasteiger partial charge < -0.3 is 0 Å². The second-order valence-electron chi connectivity index (χ2n) is 5.81. The van der Waals surface area contributed by atoms with E-state index in [4.69, 9.17) is 0 Å². The minimum Gasteiger partial charge on any atom is -0.298 e. The predicted molar refractivity (Wildman–Crippen MR) is 97.7 cm³/mol. The molecule has 0 aromatic heterocycles. The molecule has 0 bridgehead atoms. The summed E-state index contributed by atoms with van der Waals surface area (Å²) >= 11 is 0. The molecule has 0 aliphatic rings. The van der Waals surface area contributed by atoms with Crippen molar-refractivity contribution in [3.63, 3.8) is 0 Å². The number of fused-ring (bicyclic) bond motifs is 2. The van der Waals surface area contributed by atoms with Gasteiger partial charge >= 0.3 is 0 Å². The quantitative estimate of drug-likeness (QED) is 0.482. The number of rotatable bonds is 3. The Hall–Kier alpha value is -3.26. The number of aldehydes is 2. The molecule has 114 valence electrons. The fraction of sp³-hybridized carbons (Fsp3) is 0. The summed E-state index contributed by atoms with van der Waals surface area (Å²) in [6.45, 7) is 0. The molecule has 0 N–H and O–H groups in total. The van der Waals surface area contributed by atoms with E-state index in [1.54, 1.807) is 0 Å². The van der Waals surface area contributed by atoms with Gasteiger partial charge in [-0.15, -0.1) is 0 Å². The van der Waals surface area contributed by atoms with Crippen molar-refractivity contribution in [2.24, 2.45) is 0 Å². The highest BCUT2D eigenvalue weighted by Crippen LogP contribution is 2.34. The van der Waals surface area contributed by atoms with Gasteiger partial charge in [0.15, 0.2) is 0 Å². The van der Waals surface area contributed by atoms with Crippen LogP contribution in [0.2, 0.25) is 0 Å². The van der Waals surface area contributed by atoms with Gasteiger partial charge in [-0.05, 0) is 44.8 Å². The fourth-order valence-corrected chi connectivity index (χ4v) is 3.20. The average molecular weight is 310 g/mol. The molecule has 0 fully saturated rings. The molecule has 2 heteroatoms. The number of hydrogen-bond acceptors (Lipinski definition) is 2. The number of carbonyl (C=O) groups is 2. The van der Waals surface area contributed by atoms with Crippen molar-refractivity contribution in [3.05, 3.63) is 83.9 Å². The molecule has 0 aliphatic carbocycles. The first kappa shape index (κ1) is 14.3. The van der Waals surface area contributed by atoms with E-state index < -0.39 is 0 Å². The van der Waals surface area contributed by atoms with Crippen LogP contribution in [0.25, 0.3) is 32.7 Å². The third-order valence-corrected chi connectivity index (χ3v) is 4.37. The molecule has 0 atom stereocenters. The topological polar surface area (TPSA) is 34.1 Å². The Morgan fingerprint density at radius 2 is 1.00 bits per heavy atom. The van der Waals surface area contributed by atoms with Crippen LogP contribution in [0.15, 0.2) is 72.8 Å². The number of benzene rings is 4. The van der Waals surface area contributed by atoms with Crippen molar-refractivity contribution in [2.75, 3.05) is 0 Å². The lowest BCUT2D eigenvalue weighted by Crippen LogP contribution is -1.87. The van der Waals surface area contributed by atoms with Gasteiger partial charge in [-0.25, -0.2) is 0 Å². The average Bonchev–Trinajstić information content (AvgIpc) is 2.66. The normalized spacial score (nSPS) is 10.8. The summed E-state index contributed by atoms with van der Waals surface area (Å²) in [5, 5.41) is 4.24. The van der Waals surface area contributed by atoms with Crippen LogP contribution >= 0.6 is 0 Å². The summed E-state index contributed by atoms with van der Waals surface area (Å²) < 4.78 is 0. The van der Waals surface area contributed by atoms with Gasteiger partial charge in [0, 0.05) is 11.1 Å². The Morgan fingerprint density at radius 1 is 0.542 bits per heavy atom. The van der Waals surface area contributed by atoms with Crippen molar-refractivity contribution < 1.29 is 9.59 Å². The zero-order chi connectivity index (χ0) is 16.5. The van der Waals surface area contributed by atoms with Gasteiger partial charge in [0.1, 0.15) is 12.6 Å². The summed E-state index contributed by atoms with van der Waals surface area (Å²) in [6.07, 6.45) is 1.73. The van der Waals surface area contributed by atoms with Crippen molar-refractivity contribution in [1.82, 2.24) is 0 Å². The van der Waals surface area contributed by atoms with E-state index in [-0.39, 0.29) is 0 Å². The zero-order valence-corrected chi connectivity index (χ0v) is 12.9. The maximum atomic E-state index is 11.2. The van der Waals surface area contributed by atoms with Crippen molar-refractivity contribution in [2.45, 2.75) is 0 Å². The third kappa shape index (κ3) is 2.29. The molecule has 0 radical (unpaired) electrons. The van der Waals surface area contributed by atoms with E-state index in [0.717, 1.165) is 45.2 Å². The van der Waals surface area contributed by atoms with E-state index in [2.05, 4.69) is 12.1 Å². The summed E-state index contributed by atoms with van der Waals surface area (Å²) in [4.78, 5) is 22.3. The van der Waals surface area contributed by atoms with Gasteiger partial charge in [0.05, 0.1) is 0 Å². The second kappa shape index (κ2) is 5.74.